The van der Waals surface area contributed by atoms with E-state index in [-0.39, 0.29) is 23.4 Å². The maximum atomic E-state index is 13.6. The molecule has 1 aromatic carbocycles. The normalized spacial score (nSPS) is 20.7. The SMILES string of the molecule is CCN1CCC[C@H]1CN(CC(=O)N1CCNCC1)S(=O)(=O)c1ccc(CC(C)C)cc1. The highest BCUT2D eigenvalue weighted by Gasteiger charge is 2.34. The van der Waals surface area contributed by atoms with Gasteiger partial charge in [0.05, 0.1) is 11.4 Å². The first-order valence-electron chi connectivity index (χ1n) is 11.6. The van der Waals surface area contributed by atoms with Crippen LogP contribution in [0.3, 0.4) is 0 Å². The van der Waals surface area contributed by atoms with Crippen LogP contribution in [-0.2, 0) is 21.2 Å². The molecule has 2 aliphatic rings. The van der Waals surface area contributed by atoms with Crippen molar-refractivity contribution in [2.75, 3.05) is 52.4 Å². The Kier molecular flexibility index (Phi) is 8.50. The number of benzene rings is 1. The molecule has 2 saturated heterocycles. The number of rotatable bonds is 9. The Balaban J connectivity index is 1.81. The lowest BCUT2D eigenvalue weighted by atomic mass is 10.0. The lowest BCUT2D eigenvalue weighted by molar-refractivity contribution is -0.132. The molecule has 1 atom stereocenters. The Morgan fingerprint density at radius 3 is 2.45 bits per heavy atom. The largest absolute Gasteiger partial charge is 0.339 e. The molecule has 0 aliphatic carbocycles. The van der Waals surface area contributed by atoms with Gasteiger partial charge in [-0.2, -0.15) is 4.31 Å². The number of carbonyl (C=O) groups is 1. The molecule has 7 nitrogen and oxygen atoms in total. The van der Waals surface area contributed by atoms with Crippen LogP contribution in [0.5, 0.6) is 0 Å². The quantitative estimate of drug-likeness (QED) is 0.621. The summed E-state index contributed by atoms with van der Waals surface area (Å²) in [5, 5.41) is 3.24. The summed E-state index contributed by atoms with van der Waals surface area (Å²) < 4.78 is 28.6. The average Bonchev–Trinajstić information content (AvgIpc) is 3.21. The molecule has 0 bridgehead atoms. The van der Waals surface area contributed by atoms with Gasteiger partial charge < -0.3 is 10.2 Å². The third-order valence-corrected chi connectivity index (χ3v) is 8.13. The molecule has 1 aromatic rings. The van der Waals surface area contributed by atoms with Gasteiger partial charge in [-0.3, -0.25) is 9.69 Å². The second kappa shape index (κ2) is 10.9. The highest BCUT2D eigenvalue weighted by Crippen LogP contribution is 2.23. The van der Waals surface area contributed by atoms with Crippen molar-refractivity contribution in [1.29, 1.82) is 0 Å². The summed E-state index contributed by atoms with van der Waals surface area (Å²) in [6.07, 6.45) is 2.95. The summed E-state index contributed by atoms with van der Waals surface area (Å²) in [5.41, 5.74) is 1.13. The van der Waals surface area contributed by atoms with Gasteiger partial charge in [0.2, 0.25) is 15.9 Å². The van der Waals surface area contributed by atoms with E-state index in [0.29, 0.717) is 25.6 Å². The Bertz CT molecular complexity index is 820. The number of likely N-dealkylation sites (N-methyl/N-ethyl adjacent to an activating group) is 1. The smallest absolute Gasteiger partial charge is 0.243 e. The van der Waals surface area contributed by atoms with Crippen LogP contribution >= 0.6 is 0 Å². The third kappa shape index (κ3) is 6.28. The van der Waals surface area contributed by atoms with E-state index in [0.717, 1.165) is 51.0 Å². The molecule has 1 amide bonds. The molecule has 2 aliphatic heterocycles. The first kappa shape index (κ1) is 24.2. The van der Waals surface area contributed by atoms with Crippen molar-refractivity contribution in [3.63, 3.8) is 0 Å². The van der Waals surface area contributed by atoms with Crippen LogP contribution in [0.2, 0.25) is 0 Å². The van der Waals surface area contributed by atoms with E-state index in [4.69, 9.17) is 0 Å². The lowest BCUT2D eigenvalue weighted by Crippen LogP contribution is -2.52. The van der Waals surface area contributed by atoms with Crippen LogP contribution in [0, 0.1) is 5.92 Å². The van der Waals surface area contributed by atoms with Crippen LogP contribution in [0.25, 0.3) is 0 Å². The van der Waals surface area contributed by atoms with E-state index in [1.54, 1.807) is 17.0 Å². The highest BCUT2D eigenvalue weighted by molar-refractivity contribution is 7.89. The van der Waals surface area contributed by atoms with Crippen molar-refractivity contribution in [3.05, 3.63) is 29.8 Å². The van der Waals surface area contributed by atoms with Crippen molar-refractivity contribution in [2.24, 2.45) is 5.92 Å². The van der Waals surface area contributed by atoms with Gasteiger partial charge >= 0.3 is 0 Å². The monoisotopic (exact) mass is 450 g/mol. The Labute approximate surface area is 187 Å². The molecule has 174 valence electrons. The Morgan fingerprint density at radius 1 is 1.16 bits per heavy atom. The summed E-state index contributed by atoms with van der Waals surface area (Å²) in [4.78, 5) is 17.3. The summed E-state index contributed by atoms with van der Waals surface area (Å²) in [6, 6.07) is 7.35. The van der Waals surface area contributed by atoms with Crippen molar-refractivity contribution in [3.8, 4) is 0 Å². The number of sulfonamides is 1. The van der Waals surface area contributed by atoms with Crippen molar-refractivity contribution in [1.82, 2.24) is 19.4 Å². The van der Waals surface area contributed by atoms with Crippen molar-refractivity contribution < 1.29 is 13.2 Å². The lowest BCUT2D eigenvalue weighted by Gasteiger charge is -2.32. The fraction of sp³-hybridized carbons (Fsp3) is 0.696. The zero-order chi connectivity index (χ0) is 22.4. The molecule has 8 heteroatoms. The summed E-state index contributed by atoms with van der Waals surface area (Å²) in [5.74, 6) is 0.403. The minimum absolute atomic E-state index is 0.0931. The molecule has 2 fully saturated rings. The van der Waals surface area contributed by atoms with Gasteiger partial charge in [0.25, 0.3) is 0 Å². The van der Waals surface area contributed by atoms with Gasteiger partial charge in [0.1, 0.15) is 0 Å². The van der Waals surface area contributed by atoms with E-state index in [1.807, 2.05) is 12.1 Å². The summed E-state index contributed by atoms with van der Waals surface area (Å²) in [7, 11) is -3.76. The van der Waals surface area contributed by atoms with Crippen LogP contribution < -0.4 is 5.32 Å². The van der Waals surface area contributed by atoms with E-state index >= 15 is 0 Å². The molecular weight excluding hydrogens is 412 g/mol. The topological polar surface area (TPSA) is 73.0 Å². The van der Waals surface area contributed by atoms with Gasteiger partial charge in [0.15, 0.2) is 0 Å². The summed E-state index contributed by atoms with van der Waals surface area (Å²) in [6.45, 7) is 11.3. The number of carbonyl (C=O) groups excluding carboxylic acids is 1. The van der Waals surface area contributed by atoms with Crippen LogP contribution in [0.4, 0.5) is 0 Å². The number of nitrogens with one attached hydrogen (secondary N) is 1. The number of piperazine rings is 1. The van der Waals surface area contributed by atoms with E-state index < -0.39 is 10.0 Å². The van der Waals surface area contributed by atoms with Gasteiger partial charge in [0, 0.05) is 38.8 Å². The molecule has 2 heterocycles. The molecule has 0 aromatic heterocycles. The minimum atomic E-state index is -3.76. The van der Waals surface area contributed by atoms with Crippen molar-refractivity contribution >= 4 is 15.9 Å². The number of likely N-dealkylation sites (tertiary alicyclic amines) is 1. The van der Waals surface area contributed by atoms with Gasteiger partial charge in [-0.1, -0.05) is 32.9 Å². The molecular formula is C23H38N4O3S. The number of amides is 1. The van der Waals surface area contributed by atoms with Gasteiger partial charge in [-0.05, 0) is 56.0 Å². The Hall–Kier alpha value is -1.48. The highest BCUT2D eigenvalue weighted by atomic mass is 32.2. The average molecular weight is 451 g/mol. The Morgan fingerprint density at radius 2 is 1.84 bits per heavy atom. The standard InChI is InChI=1S/C23H38N4O3S/c1-4-25-13-5-6-21(25)17-27(18-23(28)26-14-11-24-12-15-26)31(29,30)22-9-7-20(8-10-22)16-19(2)3/h7-10,19,21,24H,4-6,11-18H2,1-3H3/t21-/m0/s1. The second-order valence-corrected chi connectivity index (χ2v) is 11.0. The molecule has 31 heavy (non-hydrogen) atoms. The van der Waals surface area contributed by atoms with Gasteiger partial charge in [-0.15, -0.1) is 0 Å². The number of hydrogen-bond acceptors (Lipinski definition) is 5. The van der Waals surface area contributed by atoms with Crippen LogP contribution in [0.1, 0.15) is 39.2 Å². The molecule has 3 rings (SSSR count). The fourth-order valence-electron chi connectivity index (χ4n) is 4.58. The number of hydrogen-bond donors (Lipinski definition) is 1. The molecule has 0 radical (unpaired) electrons. The van der Waals surface area contributed by atoms with E-state index in [1.165, 1.54) is 4.31 Å². The van der Waals surface area contributed by atoms with Gasteiger partial charge in [-0.25, -0.2) is 8.42 Å². The molecule has 1 N–H and O–H groups in total. The second-order valence-electron chi connectivity index (χ2n) is 9.09. The zero-order valence-corrected chi connectivity index (χ0v) is 20.0. The minimum Gasteiger partial charge on any atom is -0.339 e. The summed E-state index contributed by atoms with van der Waals surface area (Å²) >= 11 is 0. The van der Waals surface area contributed by atoms with E-state index in [9.17, 15) is 13.2 Å². The predicted octanol–water partition coefficient (Wildman–Crippen LogP) is 1.79. The first-order valence-corrected chi connectivity index (χ1v) is 13.1. The fourth-order valence-corrected chi connectivity index (χ4v) is 6.01. The molecule has 0 saturated carbocycles. The maximum absolute atomic E-state index is 13.6. The van der Waals surface area contributed by atoms with E-state index in [2.05, 4.69) is 31.0 Å². The first-order chi connectivity index (χ1) is 14.8. The van der Waals surface area contributed by atoms with Crippen molar-refractivity contribution in [2.45, 2.75) is 51.0 Å². The molecule has 0 unspecified atom stereocenters. The zero-order valence-electron chi connectivity index (χ0n) is 19.2. The van der Waals surface area contributed by atoms with Crippen LogP contribution in [-0.4, -0.2) is 86.8 Å². The molecule has 0 spiro atoms. The van der Waals surface area contributed by atoms with Crippen LogP contribution in [0.15, 0.2) is 29.2 Å². The number of nitrogens with zero attached hydrogens (tertiary/aromatic N) is 3. The maximum Gasteiger partial charge on any atom is 0.243 e. The predicted molar refractivity (Wildman–Crippen MR) is 123 cm³/mol. The third-order valence-electron chi connectivity index (χ3n) is 6.31.